The number of aryl methyl sites for hydroxylation is 1. The fourth-order valence-corrected chi connectivity index (χ4v) is 2.47. The van der Waals surface area contributed by atoms with Gasteiger partial charge in [-0.1, -0.05) is 12.1 Å². The molecule has 0 amide bonds. The lowest BCUT2D eigenvalue weighted by Crippen LogP contribution is -1.97. The lowest BCUT2D eigenvalue weighted by atomic mass is 10.1. The van der Waals surface area contributed by atoms with Gasteiger partial charge in [0.2, 0.25) is 0 Å². The summed E-state index contributed by atoms with van der Waals surface area (Å²) >= 11 is 1.56. The molecule has 0 radical (unpaired) electrons. The van der Waals surface area contributed by atoms with E-state index in [2.05, 4.69) is 0 Å². The minimum atomic E-state index is -0.191. The zero-order valence-corrected chi connectivity index (χ0v) is 9.27. The van der Waals surface area contributed by atoms with Crippen LogP contribution in [0.4, 0.5) is 4.39 Å². The van der Waals surface area contributed by atoms with Crippen molar-refractivity contribution in [3.8, 4) is 10.4 Å². The lowest BCUT2D eigenvalue weighted by molar-refractivity contribution is 0.629. The maximum atomic E-state index is 13.7. The molecule has 2 aromatic rings. The summed E-state index contributed by atoms with van der Waals surface area (Å²) < 4.78 is 13.7. The molecule has 2 N–H and O–H groups in total. The molecule has 0 unspecified atom stereocenters. The molecule has 1 nitrogen and oxygen atoms in total. The van der Waals surface area contributed by atoms with Gasteiger partial charge in [0.1, 0.15) is 5.82 Å². The Bertz CT molecular complexity index is 476. The maximum Gasteiger partial charge on any atom is 0.132 e. The van der Waals surface area contributed by atoms with E-state index in [0.717, 1.165) is 16.0 Å². The molecule has 1 aromatic carbocycles. The van der Waals surface area contributed by atoms with Crippen LogP contribution in [0.15, 0.2) is 29.6 Å². The van der Waals surface area contributed by atoms with Gasteiger partial charge in [-0.15, -0.1) is 11.3 Å². The smallest absolute Gasteiger partial charge is 0.132 e. The molecule has 0 bridgehead atoms. The first-order valence-electron chi connectivity index (χ1n) is 4.75. The van der Waals surface area contributed by atoms with Crippen LogP contribution in [0.5, 0.6) is 0 Å². The van der Waals surface area contributed by atoms with Gasteiger partial charge in [0.25, 0.3) is 0 Å². The summed E-state index contributed by atoms with van der Waals surface area (Å²) in [6.07, 6.45) is 0. The van der Waals surface area contributed by atoms with Gasteiger partial charge < -0.3 is 5.73 Å². The molecular weight excluding hydrogens is 209 g/mol. The van der Waals surface area contributed by atoms with Crippen LogP contribution in [0.2, 0.25) is 0 Å². The SMILES string of the molecule is Cc1ccsc1-c1ccc(CN)cc1F. The summed E-state index contributed by atoms with van der Waals surface area (Å²) in [5.74, 6) is -0.191. The molecule has 2 rings (SSSR count). The van der Waals surface area contributed by atoms with Crippen LogP contribution >= 0.6 is 11.3 Å². The van der Waals surface area contributed by atoms with Crippen molar-refractivity contribution in [1.29, 1.82) is 0 Å². The summed E-state index contributed by atoms with van der Waals surface area (Å²) in [6.45, 7) is 2.36. The van der Waals surface area contributed by atoms with Crippen LogP contribution in [0.25, 0.3) is 10.4 Å². The first-order valence-corrected chi connectivity index (χ1v) is 5.63. The van der Waals surface area contributed by atoms with E-state index in [1.54, 1.807) is 17.4 Å². The zero-order valence-electron chi connectivity index (χ0n) is 8.46. The molecule has 0 atom stereocenters. The van der Waals surface area contributed by atoms with Gasteiger partial charge in [-0.3, -0.25) is 0 Å². The molecule has 1 aromatic heterocycles. The molecule has 3 heteroatoms. The highest BCUT2D eigenvalue weighted by Crippen LogP contribution is 2.31. The zero-order chi connectivity index (χ0) is 10.8. The Hall–Kier alpha value is -1.19. The van der Waals surface area contributed by atoms with Crippen LogP contribution in [0.1, 0.15) is 11.1 Å². The quantitative estimate of drug-likeness (QED) is 0.827. The fraction of sp³-hybridized carbons (Fsp3) is 0.167. The van der Waals surface area contributed by atoms with Crippen molar-refractivity contribution in [2.45, 2.75) is 13.5 Å². The minimum Gasteiger partial charge on any atom is -0.326 e. The largest absolute Gasteiger partial charge is 0.326 e. The maximum absolute atomic E-state index is 13.7. The number of rotatable bonds is 2. The van der Waals surface area contributed by atoms with Crippen LogP contribution in [-0.2, 0) is 6.54 Å². The Kier molecular flexibility index (Phi) is 2.84. The van der Waals surface area contributed by atoms with E-state index in [1.807, 2.05) is 24.4 Å². The van der Waals surface area contributed by atoms with Gasteiger partial charge in [0.05, 0.1) is 0 Å². The Labute approximate surface area is 92.4 Å². The van der Waals surface area contributed by atoms with Crippen molar-refractivity contribution >= 4 is 11.3 Å². The fourth-order valence-electron chi connectivity index (χ4n) is 1.52. The molecule has 78 valence electrons. The first-order chi connectivity index (χ1) is 7.22. The van der Waals surface area contributed by atoms with Crippen LogP contribution in [-0.4, -0.2) is 0 Å². The second kappa shape index (κ2) is 4.13. The van der Waals surface area contributed by atoms with Gasteiger partial charge in [0, 0.05) is 17.0 Å². The second-order valence-corrected chi connectivity index (χ2v) is 4.37. The van der Waals surface area contributed by atoms with E-state index in [1.165, 1.54) is 6.07 Å². The van der Waals surface area contributed by atoms with Crippen LogP contribution in [0, 0.1) is 12.7 Å². The Morgan fingerprint density at radius 3 is 2.67 bits per heavy atom. The highest BCUT2D eigenvalue weighted by Gasteiger charge is 2.09. The number of thiophene rings is 1. The predicted molar refractivity (Wildman–Crippen MR) is 62.3 cm³/mol. The van der Waals surface area contributed by atoms with Gasteiger partial charge >= 0.3 is 0 Å². The predicted octanol–water partition coefficient (Wildman–Crippen LogP) is 3.32. The van der Waals surface area contributed by atoms with Crippen molar-refractivity contribution in [3.63, 3.8) is 0 Å². The minimum absolute atomic E-state index is 0.191. The average molecular weight is 221 g/mol. The van der Waals surface area contributed by atoms with E-state index in [4.69, 9.17) is 5.73 Å². The topological polar surface area (TPSA) is 26.0 Å². The van der Waals surface area contributed by atoms with Gasteiger partial charge in [-0.2, -0.15) is 0 Å². The third kappa shape index (κ3) is 1.94. The number of hydrogen-bond acceptors (Lipinski definition) is 2. The Morgan fingerprint density at radius 1 is 1.33 bits per heavy atom. The summed E-state index contributed by atoms with van der Waals surface area (Å²) in [5, 5.41) is 1.97. The van der Waals surface area contributed by atoms with Crippen LogP contribution < -0.4 is 5.73 Å². The van der Waals surface area contributed by atoms with E-state index < -0.39 is 0 Å². The van der Waals surface area contributed by atoms with E-state index in [-0.39, 0.29) is 5.82 Å². The lowest BCUT2D eigenvalue weighted by Gasteiger charge is -2.04. The summed E-state index contributed by atoms with van der Waals surface area (Å²) in [6, 6.07) is 7.18. The van der Waals surface area contributed by atoms with Gasteiger partial charge in [-0.25, -0.2) is 4.39 Å². The molecule has 0 aliphatic heterocycles. The monoisotopic (exact) mass is 221 g/mol. The molecular formula is C12H12FNS. The first kappa shape index (κ1) is 10.3. The highest BCUT2D eigenvalue weighted by molar-refractivity contribution is 7.13. The molecule has 0 aliphatic rings. The third-order valence-electron chi connectivity index (χ3n) is 2.38. The Morgan fingerprint density at radius 2 is 2.13 bits per heavy atom. The van der Waals surface area contributed by atoms with Crippen molar-refractivity contribution in [2.24, 2.45) is 5.73 Å². The molecule has 15 heavy (non-hydrogen) atoms. The number of halogens is 1. The summed E-state index contributed by atoms with van der Waals surface area (Å²) in [5.41, 5.74) is 8.05. The normalized spacial score (nSPS) is 10.6. The Balaban J connectivity index is 2.50. The van der Waals surface area contributed by atoms with E-state index in [0.29, 0.717) is 12.1 Å². The van der Waals surface area contributed by atoms with Gasteiger partial charge in [0.15, 0.2) is 0 Å². The van der Waals surface area contributed by atoms with E-state index in [9.17, 15) is 4.39 Å². The number of benzene rings is 1. The molecule has 0 fully saturated rings. The van der Waals surface area contributed by atoms with E-state index >= 15 is 0 Å². The number of hydrogen-bond donors (Lipinski definition) is 1. The summed E-state index contributed by atoms with van der Waals surface area (Å²) in [7, 11) is 0. The van der Waals surface area contributed by atoms with Crippen molar-refractivity contribution in [3.05, 3.63) is 46.6 Å². The second-order valence-electron chi connectivity index (χ2n) is 3.45. The van der Waals surface area contributed by atoms with Crippen molar-refractivity contribution in [2.75, 3.05) is 0 Å². The molecule has 0 saturated carbocycles. The number of nitrogens with two attached hydrogens (primary N) is 1. The molecule has 0 aliphatic carbocycles. The molecule has 0 saturated heterocycles. The highest BCUT2D eigenvalue weighted by atomic mass is 32.1. The van der Waals surface area contributed by atoms with Crippen molar-refractivity contribution < 1.29 is 4.39 Å². The third-order valence-corrected chi connectivity index (χ3v) is 3.43. The summed E-state index contributed by atoms with van der Waals surface area (Å²) in [4.78, 5) is 0.996. The van der Waals surface area contributed by atoms with Gasteiger partial charge in [-0.05, 0) is 35.6 Å². The van der Waals surface area contributed by atoms with Crippen molar-refractivity contribution in [1.82, 2.24) is 0 Å². The molecule has 0 spiro atoms. The molecule has 1 heterocycles. The van der Waals surface area contributed by atoms with Crippen LogP contribution in [0.3, 0.4) is 0 Å². The average Bonchev–Trinajstić information content (AvgIpc) is 2.64. The standard InChI is InChI=1S/C12H12FNS/c1-8-4-5-15-12(8)10-3-2-9(7-14)6-11(10)13/h2-6H,7,14H2,1H3.